The third-order valence-corrected chi connectivity index (χ3v) is 9.63. The fraction of sp³-hybridized carbons (Fsp3) is 0.577. The Morgan fingerprint density at radius 1 is 1.27 bits per heavy atom. The van der Waals surface area contributed by atoms with Gasteiger partial charge in [-0.2, -0.15) is 0 Å². The molecule has 2 saturated carbocycles. The summed E-state index contributed by atoms with van der Waals surface area (Å²) >= 11 is 7.37. The number of aromatic nitrogens is 1. The maximum absolute atomic E-state index is 14.4. The second-order valence-corrected chi connectivity index (χ2v) is 11.7. The summed E-state index contributed by atoms with van der Waals surface area (Å²) in [5, 5.41) is 7.05. The average molecular weight is 482 g/mol. The van der Waals surface area contributed by atoms with Gasteiger partial charge in [0.2, 0.25) is 0 Å². The molecule has 2 aromatic rings. The van der Waals surface area contributed by atoms with E-state index in [0.717, 1.165) is 49.5 Å². The standard InChI is InChI=1S/C26H31N3O2S2/c1-31-20-8-10-25(11-9-20)15-19-7-6-18(5-4-17-2-3-17)14-21(19)26(25)23(30)29(24(32)28-26)16-22-27-12-13-33-22/h6-7,12-14,17,20H,2-5,8-11,15-16H2,1H3,(H,28,32). The summed E-state index contributed by atoms with van der Waals surface area (Å²) in [6, 6.07) is 6.91. The number of aryl methyl sites for hydroxylation is 1. The van der Waals surface area contributed by atoms with Crippen LogP contribution in [0.3, 0.4) is 0 Å². The van der Waals surface area contributed by atoms with Crippen LogP contribution in [0.25, 0.3) is 0 Å². The van der Waals surface area contributed by atoms with Crippen LogP contribution in [0.15, 0.2) is 29.8 Å². The number of hydrogen-bond donors (Lipinski definition) is 1. The summed E-state index contributed by atoms with van der Waals surface area (Å²) in [4.78, 5) is 20.5. The predicted molar refractivity (Wildman–Crippen MR) is 133 cm³/mol. The third kappa shape index (κ3) is 3.46. The number of benzene rings is 1. The molecule has 33 heavy (non-hydrogen) atoms. The zero-order chi connectivity index (χ0) is 22.6. The van der Waals surface area contributed by atoms with Crippen LogP contribution in [-0.2, 0) is 34.5 Å². The quantitative estimate of drug-likeness (QED) is 0.605. The van der Waals surface area contributed by atoms with Crippen LogP contribution >= 0.6 is 23.6 Å². The molecule has 0 bridgehead atoms. The first-order valence-corrected chi connectivity index (χ1v) is 13.5. The van der Waals surface area contributed by atoms with Gasteiger partial charge in [0.25, 0.3) is 5.91 Å². The minimum absolute atomic E-state index is 0.108. The molecule has 6 rings (SSSR count). The summed E-state index contributed by atoms with van der Waals surface area (Å²) in [7, 11) is 1.80. The van der Waals surface area contributed by atoms with E-state index in [1.54, 1.807) is 29.5 Å². The Labute approximate surface area is 204 Å². The van der Waals surface area contributed by atoms with Crippen LogP contribution in [0, 0.1) is 11.3 Å². The van der Waals surface area contributed by atoms with Crippen molar-refractivity contribution in [2.75, 3.05) is 7.11 Å². The summed E-state index contributed by atoms with van der Waals surface area (Å²) in [5.74, 6) is 1.01. The van der Waals surface area contributed by atoms with Gasteiger partial charge in [-0.1, -0.05) is 31.0 Å². The van der Waals surface area contributed by atoms with Crippen LogP contribution in [0.2, 0.25) is 0 Å². The lowest BCUT2D eigenvalue weighted by atomic mass is 9.61. The Bertz CT molecular complexity index is 1070. The average Bonchev–Trinajstić information content (AvgIpc) is 3.36. The van der Waals surface area contributed by atoms with Gasteiger partial charge in [-0.3, -0.25) is 9.69 Å². The number of thiocarbonyl (C=S) groups is 1. The molecule has 1 N–H and O–H groups in total. The molecule has 2 spiro atoms. The molecule has 7 heteroatoms. The molecule has 3 fully saturated rings. The highest BCUT2D eigenvalue weighted by molar-refractivity contribution is 7.80. The monoisotopic (exact) mass is 481 g/mol. The zero-order valence-corrected chi connectivity index (χ0v) is 20.8. The number of carbonyl (C=O) groups excluding carboxylic acids is 1. The summed E-state index contributed by atoms with van der Waals surface area (Å²) < 4.78 is 5.69. The van der Waals surface area contributed by atoms with E-state index in [4.69, 9.17) is 17.0 Å². The lowest BCUT2D eigenvalue weighted by Gasteiger charge is -2.46. The van der Waals surface area contributed by atoms with E-state index in [9.17, 15) is 4.79 Å². The van der Waals surface area contributed by atoms with Crippen molar-refractivity contribution in [3.05, 3.63) is 51.5 Å². The number of nitrogens with zero attached hydrogens (tertiary/aromatic N) is 2. The number of carbonyl (C=O) groups is 1. The summed E-state index contributed by atoms with van der Waals surface area (Å²) in [5.41, 5.74) is 2.88. The summed E-state index contributed by atoms with van der Waals surface area (Å²) in [6.45, 7) is 0.442. The van der Waals surface area contributed by atoms with Crippen molar-refractivity contribution in [1.82, 2.24) is 15.2 Å². The molecule has 174 valence electrons. The first kappa shape index (κ1) is 21.7. The lowest BCUT2D eigenvalue weighted by molar-refractivity contribution is -0.138. The minimum atomic E-state index is -0.773. The number of amides is 1. The van der Waals surface area contributed by atoms with Crippen molar-refractivity contribution in [3.8, 4) is 0 Å². The molecular formula is C26H31N3O2S2. The van der Waals surface area contributed by atoms with Gasteiger partial charge in [0, 0.05) is 24.1 Å². The molecular weight excluding hydrogens is 450 g/mol. The van der Waals surface area contributed by atoms with E-state index in [1.165, 1.54) is 36.0 Å². The van der Waals surface area contributed by atoms with Crippen molar-refractivity contribution in [2.45, 2.75) is 76.0 Å². The second kappa shape index (κ2) is 8.14. The van der Waals surface area contributed by atoms with E-state index in [-0.39, 0.29) is 17.4 Å². The molecule has 1 aromatic carbocycles. The van der Waals surface area contributed by atoms with Crippen molar-refractivity contribution >= 4 is 34.6 Å². The Kier molecular flexibility index (Phi) is 5.35. The number of nitrogens with one attached hydrogen (secondary N) is 1. The highest BCUT2D eigenvalue weighted by Crippen LogP contribution is 2.60. The van der Waals surface area contributed by atoms with Gasteiger partial charge >= 0.3 is 0 Å². The van der Waals surface area contributed by atoms with Gasteiger partial charge in [-0.15, -0.1) is 11.3 Å². The molecule has 2 heterocycles. The largest absolute Gasteiger partial charge is 0.381 e. The maximum atomic E-state index is 14.4. The van der Waals surface area contributed by atoms with Crippen molar-refractivity contribution in [2.24, 2.45) is 11.3 Å². The Hall–Kier alpha value is -1.83. The first-order valence-electron chi connectivity index (χ1n) is 12.2. The Morgan fingerprint density at radius 2 is 2.09 bits per heavy atom. The molecule has 1 unspecified atom stereocenters. The predicted octanol–water partition coefficient (Wildman–Crippen LogP) is 4.73. The van der Waals surface area contributed by atoms with Crippen molar-refractivity contribution in [1.29, 1.82) is 0 Å². The highest BCUT2D eigenvalue weighted by Gasteiger charge is 2.67. The first-order chi connectivity index (χ1) is 16.0. The van der Waals surface area contributed by atoms with Crippen molar-refractivity contribution in [3.63, 3.8) is 0 Å². The number of ether oxygens (including phenoxy) is 1. The van der Waals surface area contributed by atoms with E-state index in [2.05, 4.69) is 28.5 Å². The summed E-state index contributed by atoms with van der Waals surface area (Å²) in [6.07, 6.45) is 12.0. The van der Waals surface area contributed by atoms with Gasteiger partial charge in [0.1, 0.15) is 5.01 Å². The SMILES string of the molecule is COC1CCC2(CC1)Cc1ccc(CCC3CC3)cc1C21NC(=S)N(Cc2nccs2)C1=O. The highest BCUT2D eigenvalue weighted by atomic mass is 32.1. The van der Waals surface area contributed by atoms with E-state index in [1.807, 2.05) is 5.38 Å². The van der Waals surface area contributed by atoms with Crippen LogP contribution in [0.4, 0.5) is 0 Å². The second-order valence-electron chi connectivity index (χ2n) is 10.4. The minimum Gasteiger partial charge on any atom is -0.381 e. The van der Waals surface area contributed by atoms with Crippen LogP contribution in [-0.4, -0.2) is 34.1 Å². The van der Waals surface area contributed by atoms with Gasteiger partial charge < -0.3 is 10.1 Å². The molecule has 1 aliphatic heterocycles. The normalized spacial score (nSPS) is 30.9. The molecule has 1 atom stereocenters. The van der Waals surface area contributed by atoms with Crippen LogP contribution < -0.4 is 5.32 Å². The number of methoxy groups -OCH3 is 1. The molecule has 1 aromatic heterocycles. The van der Waals surface area contributed by atoms with Crippen LogP contribution in [0.5, 0.6) is 0 Å². The Balaban J connectivity index is 1.40. The zero-order valence-electron chi connectivity index (χ0n) is 19.1. The number of fused-ring (bicyclic) bond motifs is 3. The van der Waals surface area contributed by atoms with Gasteiger partial charge in [-0.25, -0.2) is 4.98 Å². The number of rotatable bonds is 6. The van der Waals surface area contributed by atoms with Crippen molar-refractivity contribution < 1.29 is 9.53 Å². The van der Waals surface area contributed by atoms with Gasteiger partial charge in [0.15, 0.2) is 10.7 Å². The topological polar surface area (TPSA) is 54.5 Å². The van der Waals surface area contributed by atoms with E-state index < -0.39 is 5.54 Å². The fourth-order valence-corrected chi connectivity index (χ4v) is 7.41. The molecule has 1 amide bonds. The van der Waals surface area contributed by atoms with E-state index >= 15 is 0 Å². The molecule has 0 radical (unpaired) electrons. The van der Waals surface area contributed by atoms with Gasteiger partial charge in [0.05, 0.1) is 12.6 Å². The van der Waals surface area contributed by atoms with E-state index in [0.29, 0.717) is 11.7 Å². The molecule has 3 aliphatic carbocycles. The smallest absolute Gasteiger partial charge is 0.260 e. The number of hydrogen-bond acceptors (Lipinski definition) is 5. The molecule has 4 aliphatic rings. The third-order valence-electron chi connectivity index (χ3n) is 8.55. The lowest BCUT2D eigenvalue weighted by Crippen LogP contribution is -2.56. The number of thiazole rings is 1. The fourth-order valence-electron chi connectivity index (χ4n) is 6.50. The molecule has 5 nitrogen and oxygen atoms in total. The molecule has 1 saturated heterocycles. The van der Waals surface area contributed by atoms with Crippen LogP contribution in [0.1, 0.15) is 66.6 Å². The Morgan fingerprint density at radius 3 is 2.79 bits per heavy atom. The van der Waals surface area contributed by atoms with Gasteiger partial charge in [-0.05, 0) is 79.8 Å². The maximum Gasteiger partial charge on any atom is 0.260 e.